The monoisotopic (exact) mass is 324 g/mol. The van der Waals surface area contributed by atoms with Crippen LogP contribution >= 0.6 is 0 Å². The van der Waals surface area contributed by atoms with E-state index in [4.69, 9.17) is 0 Å². The molecule has 1 aliphatic heterocycles. The molecule has 118 valence electrons. The molecule has 2 N–H and O–H groups in total. The number of fused-ring (bicyclic) bond motifs is 1. The molecule has 1 heterocycles. The number of benzene rings is 1. The molecule has 7 nitrogen and oxygen atoms in total. The molecule has 0 saturated heterocycles. The van der Waals surface area contributed by atoms with Gasteiger partial charge in [0.05, 0.1) is 22.1 Å². The van der Waals surface area contributed by atoms with Gasteiger partial charge in [0.25, 0.3) is 11.8 Å². The Bertz CT molecular complexity index is 758. The number of nitrogens with zero attached hydrogens (tertiary/aromatic N) is 1. The van der Waals surface area contributed by atoms with Gasteiger partial charge in [0.2, 0.25) is 10.0 Å². The Kier molecular flexibility index (Phi) is 3.54. The molecule has 2 aliphatic rings. The Morgan fingerprint density at radius 3 is 2.50 bits per heavy atom. The fourth-order valence-corrected chi connectivity index (χ4v) is 4.18. The summed E-state index contributed by atoms with van der Waals surface area (Å²) in [6.45, 7) is 0. The second-order valence-electron chi connectivity index (χ2n) is 5.60. The van der Waals surface area contributed by atoms with Crippen LogP contribution in [0.25, 0.3) is 0 Å². The molecular weight excluding hydrogens is 308 g/mol. The van der Waals surface area contributed by atoms with Gasteiger partial charge in [0, 0.05) is 13.1 Å². The summed E-state index contributed by atoms with van der Waals surface area (Å²) >= 11 is 0. The van der Waals surface area contributed by atoms with E-state index in [9.17, 15) is 23.1 Å². The minimum absolute atomic E-state index is 0.0817. The van der Waals surface area contributed by atoms with Crippen molar-refractivity contribution >= 4 is 21.8 Å². The van der Waals surface area contributed by atoms with Crippen LogP contribution < -0.4 is 4.72 Å². The molecule has 3 rings (SSSR count). The second kappa shape index (κ2) is 5.15. The average molecular weight is 324 g/mol. The van der Waals surface area contributed by atoms with Crippen LogP contribution in [0, 0.1) is 0 Å². The first-order valence-corrected chi connectivity index (χ1v) is 8.46. The number of sulfonamides is 1. The van der Waals surface area contributed by atoms with E-state index in [1.807, 2.05) is 0 Å². The third-order valence-electron chi connectivity index (χ3n) is 4.16. The van der Waals surface area contributed by atoms with Gasteiger partial charge in [-0.15, -0.1) is 0 Å². The molecule has 2 atom stereocenters. The molecule has 0 bridgehead atoms. The molecule has 8 heteroatoms. The van der Waals surface area contributed by atoms with Crippen LogP contribution in [0.1, 0.15) is 40.0 Å². The molecule has 1 saturated carbocycles. The van der Waals surface area contributed by atoms with Crippen molar-refractivity contribution in [3.63, 3.8) is 0 Å². The van der Waals surface area contributed by atoms with Gasteiger partial charge < -0.3 is 5.11 Å². The standard InChI is InChI=1S/C14H16N2O5S/c1-16-13(18)9-6-5-8(7-10(9)14(16)19)22(20,21)15-11-3-2-4-12(11)17/h5-7,11-12,15,17H,2-4H2,1H3/t11-,12-/m0/s1. The number of carbonyl (C=O) groups is 2. The molecule has 0 spiro atoms. The van der Waals surface area contributed by atoms with Gasteiger partial charge in [-0.05, 0) is 37.5 Å². The fourth-order valence-electron chi connectivity index (χ4n) is 2.85. The van der Waals surface area contributed by atoms with Crippen molar-refractivity contribution in [3.8, 4) is 0 Å². The minimum Gasteiger partial charge on any atom is -0.391 e. The summed E-state index contributed by atoms with van der Waals surface area (Å²) in [5.41, 5.74) is 0.287. The van der Waals surface area contributed by atoms with Gasteiger partial charge in [0.1, 0.15) is 0 Å². The van der Waals surface area contributed by atoms with Crippen LogP contribution in [0.5, 0.6) is 0 Å². The highest BCUT2D eigenvalue weighted by molar-refractivity contribution is 7.89. The summed E-state index contributed by atoms with van der Waals surface area (Å²) in [6.07, 6.45) is 1.20. The summed E-state index contributed by atoms with van der Waals surface area (Å²) in [6, 6.07) is 3.34. The Morgan fingerprint density at radius 2 is 1.86 bits per heavy atom. The lowest BCUT2D eigenvalue weighted by molar-refractivity contribution is 0.0693. The maximum Gasteiger partial charge on any atom is 0.261 e. The van der Waals surface area contributed by atoms with E-state index >= 15 is 0 Å². The Hall–Kier alpha value is -1.77. The van der Waals surface area contributed by atoms with Crippen LogP contribution in [0.4, 0.5) is 0 Å². The number of carbonyl (C=O) groups excluding carboxylic acids is 2. The number of nitrogens with one attached hydrogen (secondary N) is 1. The SMILES string of the molecule is CN1C(=O)c2ccc(S(=O)(=O)N[C@H]3CCC[C@@H]3O)cc2C1=O. The molecule has 0 unspecified atom stereocenters. The van der Waals surface area contributed by atoms with Crippen LogP contribution in [-0.4, -0.2) is 49.4 Å². The van der Waals surface area contributed by atoms with Crippen LogP contribution in [0.2, 0.25) is 0 Å². The summed E-state index contributed by atoms with van der Waals surface area (Å²) in [5, 5.41) is 9.73. The van der Waals surface area contributed by atoms with Gasteiger partial charge in [-0.1, -0.05) is 0 Å². The summed E-state index contributed by atoms with van der Waals surface area (Å²) in [4.78, 5) is 24.6. The molecule has 22 heavy (non-hydrogen) atoms. The average Bonchev–Trinajstić information content (AvgIpc) is 2.97. The molecular formula is C14H16N2O5S. The topological polar surface area (TPSA) is 104 Å². The van der Waals surface area contributed by atoms with Crippen molar-refractivity contribution in [2.24, 2.45) is 0 Å². The predicted octanol–water partition coefficient (Wildman–Crippen LogP) is 0.104. The van der Waals surface area contributed by atoms with Gasteiger partial charge in [-0.2, -0.15) is 0 Å². The van der Waals surface area contributed by atoms with Crippen LogP contribution in [-0.2, 0) is 10.0 Å². The molecule has 1 aliphatic carbocycles. The first kappa shape index (κ1) is 15.1. The maximum atomic E-state index is 12.4. The van der Waals surface area contributed by atoms with Gasteiger partial charge in [-0.3, -0.25) is 14.5 Å². The number of hydrogen-bond acceptors (Lipinski definition) is 5. The molecule has 0 radical (unpaired) electrons. The zero-order valence-electron chi connectivity index (χ0n) is 11.9. The summed E-state index contributed by atoms with van der Waals surface area (Å²) in [7, 11) is -2.50. The smallest absolute Gasteiger partial charge is 0.261 e. The van der Waals surface area contributed by atoms with E-state index in [0.717, 1.165) is 11.3 Å². The highest BCUT2D eigenvalue weighted by Gasteiger charge is 2.35. The Morgan fingerprint density at radius 1 is 1.18 bits per heavy atom. The van der Waals surface area contributed by atoms with Crippen molar-refractivity contribution in [2.45, 2.75) is 36.3 Å². The Balaban J connectivity index is 1.93. The number of amides is 2. The molecule has 1 aromatic rings. The predicted molar refractivity (Wildman–Crippen MR) is 76.8 cm³/mol. The van der Waals surface area contributed by atoms with Gasteiger partial charge >= 0.3 is 0 Å². The van der Waals surface area contributed by atoms with E-state index in [1.165, 1.54) is 25.2 Å². The maximum absolute atomic E-state index is 12.4. The lowest BCUT2D eigenvalue weighted by Gasteiger charge is -2.16. The Labute approximate surface area is 128 Å². The van der Waals surface area contributed by atoms with E-state index in [0.29, 0.717) is 12.8 Å². The van der Waals surface area contributed by atoms with Gasteiger partial charge in [0.15, 0.2) is 0 Å². The van der Waals surface area contributed by atoms with Crippen molar-refractivity contribution in [3.05, 3.63) is 29.3 Å². The zero-order chi connectivity index (χ0) is 16.1. The molecule has 0 aromatic heterocycles. The third-order valence-corrected chi connectivity index (χ3v) is 5.65. The summed E-state index contributed by atoms with van der Waals surface area (Å²) in [5.74, 6) is -0.957. The van der Waals surface area contributed by atoms with Crippen LogP contribution in [0.3, 0.4) is 0 Å². The molecule has 2 amide bonds. The lowest BCUT2D eigenvalue weighted by Crippen LogP contribution is -2.39. The number of aliphatic hydroxyl groups is 1. The van der Waals surface area contributed by atoms with Crippen molar-refractivity contribution in [1.29, 1.82) is 0 Å². The second-order valence-corrected chi connectivity index (χ2v) is 7.32. The zero-order valence-corrected chi connectivity index (χ0v) is 12.8. The third kappa shape index (κ3) is 2.33. The fraction of sp³-hybridized carbons (Fsp3) is 0.429. The number of hydrogen-bond donors (Lipinski definition) is 2. The first-order chi connectivity index (χ1) is 10.3. The quantitative estimate of drug-likeness (QED) is 0.768. The largest absolute Gasteiger partial charge is 0.391 e. The van der Waals surface area contributed by atoms with E-state index in [1.54, 1.807) is 0 Å². The number of aliphatic hydroxyl groups excluding tert-OH is 1. The van der Waals surface area contributed by atoms with Crippen LogP contribution in [0.15, 0.2) is 23.1 Å². The molecule has 1 aromatic carbocycles. The normalized spacial score (nSPS) is 24.9. The number of rotatable bonds is 3. The first-order valence-electron chi connectivity index (χ1n) is 6.98. The molecule has 1 fully saturated rings. The van der Waals surface area contributed by atoms with Gasteiger partial charge in [-0.25, -0.2) is 13.1 Å². The van der Waals surface area contributed by atoms with E-state index in [-0.39, 0.29) is 16.0 Å². The number of imide groups is 1. The summed E-state index contributed by atoms with van der Waals surface area (Å²) < 4.78 is 27.2. The highest BCUT2D eigenvalue weighted by atomic mass is 32.2. The minimum atomic E-state index is -3.85. The van der Waals surface area contributed by atoms with E-state index < -0.39 is 34.0 Å². The van der Waals surface area contributed by atoms with E-state index in [2.05, 4.69) is 4.72 Å². The van der Waals surface area contributed by atoms with Crippen molar-refractivity contribution < 1.29 is 23.1 Å². The highest BCUT2D eigenvalue weighted by Crippen LogP contribution is 2.26. The lowest BCUT2D eigenvalue weighted by atomic mass is 10.1. The van der Waals surface area contributed by atoms with Crippen molar-refractivity contribution in [1.82, 2.24) is 9.62 Å². The van der Waals surface area contributed by atoms with Crippen molar-refractivity contribution in [2.75, 3.05) is 7.05 Å².